The van der Waals surface area contributed by atoms with E-state index in [1.807, 2.05) is 52.0 Å². The van der Waals surface area contributed by atoms with Gasteiger partial charge in [-0.3, -0.25) is 9.89 Å². The first-order chi connectivity index (χ1) is 12.7. The fourth-order valence-corrected chi connectivity index (χ4v) is 2.54. The molecule has 27 heavy (non-hydrogen) atoms. The highest BCUT2D eigenvalue weighted by molar-refractivity contribution is 6.31. The maximum atomic E-state index is 12.1. The Kier molecular flexibility index (Phi) is 5.19. The molecular formula is C20H21ClN4O2. The molecule has 2 aromatic heterocycles. The van der Waals surface area contributed by atoms with Crippen LogP contribution < -0.4 is 5.43 Å². The number of rotatable bonds is 4. The summed E-state index contributed by atoms with van der Waals surface area (Å²) in [5.41, 5.74) is 5.37. The van der Waals surface area contributed by atoms with Gasteiger partial charge >= 0.3 is 0 Å². The van der Waals surface area contributed by atoms with Crippen LogP contribution in [0.2, 0.25) is 5.02 Å². The highest BCUT2D eigenvalue weighted by Crippen LogP contribution is 2.26. The number of benzene rings is 1. The van der Waals surface area contributed by atoms with Crippen LogP contribution in [0.3, 0.4) is 0 Å². The summed E-state index contributed by atoms with van der Waals surface area (Å²) in [6.07, 6.45) is 1.44. The molecule has 2 heterocycles. The third-order valence-corrected chi connectivity index (χ3v) is 4.47. The molecule has 0 radical (unpaired) electrons. The van der Waals surface area contributed by atoms with Gasteiger partial charge in [0.05, 0.1) is 6.21 Å². The van der Waals surface area contributed by atoms with Gasteiger partial charge in [0.25, 0.3) is 5.91 Å². The standard InChI is InChI=1S/C20H21ClN4O2/c1-12-5-6-13(9-15(12)21)17-8-7-14(27-17)11-22-25-19(26)16-10-18(24-23-16)20(2,3)4/h5-11H,1-4H3,(H,23,24)(H,25,26)/b22-11+. The van der Waals surface area contributed by atoms with Gasteiger partial charge in [0.15, 0.2) is 5.69 Å². The summed E-state index contributed by atoms with van der Waals surface area (Å²) in [4.78, 5) is 12.1. The molecule has 140 valence electrons. The summed E-state index contributed by atoms with van der Waals surface area (Å²) in [6, 6.07) is 11.0. The Bertz CT molecular complexity index is 996. The predicted octanol–water partition coefficient (Wildman–Crippen LogP) is 4.69. The van der Waals surface area contributed by atoms with Crippen LogP contribution in [0.15, 0.2) is 45.9 Å². The van der Waals surface area contributed by atoms with Gasteiger partial charge in [-0.25, -0.2) is 5.43 Å². The van der Waals surface area contributed by atoms with Crippen molar-refractivity contribution in [3.05, 3.63) is 64.1 Å². The van der Waals surface area contributed by atoms with E-state index in [0.717, 1.165) is 16.8 Å². The van der Waals surface area contributed by atoms with Crippen molar-refractivity contribution >= 4 is 23.7 Å². The van der Waals surface area contributed by atoms with Gasteiger partial charge in [0.1, 0.15) is 11.5 Å². The molecule has 0 aliphatic heterocycles. The van der Waals surface area contributed by atoms with Gasteiger partial charge in [-0.1, -0.05) is 44.5 Å². The predicted molar refractivity (Wildman–Crippen MR) is 106 cm³/mol. The number of aromatic nitrogens is 2. The molecule has 3 aromatic rings. The molecule has 0 saturated heterocycles. The fraction of sp³-hybridized carbons (Fsp3) is 0.250. The summed E-state index contributed by atoms with van der Waals surface area (Å²) < 4.78 is 5.72. The summed E-state index contributed by atoms with van der Waals surface area (Å²) >= 11 is 6.15. The van der Waals surface area contributed by atoms with Crippen LogP contribution in [0.4, 0.5) is 0 Å². The second kappa shape index (κ2) is 7.40. The number of aryl methyl sites for hydroxylation is 1. The molecule has 0 unspecified atom stereocenters. The molecule has 0 atom stereocenters. The lowest BCUT2D eigenvalue weighted by atomic mass is 9.92. The van der Waals surface area contributed by atoms with E-state index in [2.05, 4.69) is 20.7 Å². The first-order valence-electron chi connectivity index (χ1n) is 8.50. The maximum Gasteiger partial charge on any atom is 0.291 e. The van der Waals surface area contributed by atoms with Crippen LogP contribution in [-0.4, -0.2) is 22.3 Å². The van der Waals surface area contributed by atoms with Crippen LogP contribution in [0.25, 0.3) is 11.3 Å². The first-order valence-corrected chi connectivity index (χ1v) is 8.87. The number of halogens is 1. The Balaban J connectivity index is 1.65. The minimum atomic E-state index is -0.393. The number of nitrogens with zero attached hydrogens (tertiary/aromatic N) is 2. The van der Waals surface area contributed by atoms with Crippen molar-refractivity contribution in [2.24, 2.45) is 5.10 Å². The molecule has 0 spiro atoms. The second-order valence-corrected chi connectivity index (χ2v) is 7.69. The van der Waals surface area contributed by atoms with E-state index in [1.165, 1.54) is 6.21 Å². The van der Waals surface area contributed by atoms with Crippen LogP contribution >= 0.6 is 11.6 Å². The van der Waals surface area contributed by atoms with Gasteiger partial charge in [-0.15, -0.1) is 0 Å². The van der Waals surface area contributed by atoms with E-state index in [4.69, 9.17) is 16.0 Å². The Morgan fingerprint density at radius 1 is 1.26 bits per heavy atom. The molecule has 0 bridgehead atoms. The maximum absolute atomic E-state index is 12.1. The number of hydrogen-bond donors (Lipinski definition) is 2. The molecule has 0 saturated carbocycles. The number of nitrogens with one attached hydrogen (secondary N) is 2. The minimum absolute atomic E-state index is 0.113. The summed E-state index contributed by atoms with van der Waals surface area (Å²) in [6.45, 7) is 8.06. The van der Waals surface area contributed by atoms with E-state index in [9.17, 15) is 4.79 Å². The van der Waals surface area contributed by atoms with Crippen LogP contribution in [0.1, 0.15) is 48.3 Å². The van der Waals surface area contributed by atoms with E-state index < -0.39 is 5.91 Å². The molecule has 3 rings (SSSR count). The van der Waals surface area contributed by atoms with Crippen molar-refractivity contribution in [3.8, 4) is 11.3 Å². The number of H-pyrrole nitrogens is 1. The zero-order valence-electron chi connectivity index (χ0n) is 15.6. The summed E-state index contributed by atoms with van der Waals surface area (Å²) in [5.74, 6) is 0.793. The molecule has 1 aromatic carbocycles. The monoisotopic (exact) mass is 384 g/mol. The van der Waals surface area contributed by atoms with Crippen LogP contribution in [-0.2, 0) is 5.41 Å². The van der Waals surface area contributed by atoms with E-state index >= 15 is 0 Å². The molecule has 7 heteroatoms. The highest BCUT2D eigenvalue weighted by atomic mass is 35.5. The van der Waals surface area contributed by atoms with Gasteiger partial charge in [0, 0.05) is 21.7 Å². The van der Waals surface area contributed by atoms with Crippen molar-refractivity contribution in [1.29, 1.82) is 0 Å². The van der Waals surface area contributed by atoms with Gasteiger partial charge in [0.2, 0.25) is 0 Å². The SMILES string of the molecule is Cc1ccc(-c2ccc(/C=N/NC(=O)c3cc(C(C)(C)C)[nH]n3)o2)cc1Cl. The lowest BCUT2D eigenvalue weighted by Gasteiger charge is -2.14. The van der Waals surface area contributed by atoms with Crippen molar-refractivity contribution in [3.63, 3.8) is 0 Å². The first kappa shape index (κ1) is 18.9. The molecule has 1 amide bonds. The normalized spacial score (nSPS) is 11.9. The molecular weight excluding hydrogens is 364 g/mol. The van der Waals surface area contributed by atoms with Crippen LogP contribution in [0.5, 0.6) is 0 Å². The van der Waals surface area contributed by atoms with E-state index in [0.29, 0.717) is 16.5 Å². The quantitative estimate of drug-likeness (QED) is 0.505. The van der Waals surface area contributed by atoms with Crippen LogP contribution in [0, 0.1) is 6.92 Å². The smallest absolute Gasteiger partial charge is 0.291 e. The zero-order valence-corrected chi connectivity index (χ0v) is 16.4. The Morgan fingerprint density at radius 2 is 2.04 bits per heavy atom. The molecule has 6 nitrogen and oxygen atoms in total. The van der Waals surface area contributed by atoms with Crippen molar-refractivity contribution < 1.29 is 9.21 Å². The van der Waals surface area contributed by atoms with Gasteiger partial charge in [-0.05, 0) is 36.8 Å². The Labute approximate surface area is 162 Å². The average molecular weight is 385 g/mol. The van der Waals surface area contributed by atoms with Gasteiger partial charge < -0.3 is 4.42 Å². The molecule has 0 aliphatic carbocycles. The van der Waals surface area contributed by atoms with Crippen molar-refractivity contribution in [2.45, 2.75) is 33.1 Å². The zero-order chi connectivity index (χ0) is 19.6. The number of hydrogen-bond acceptors (Lipinski definition) is 4. The Morgan fingerprint density at radius 3 is 2.70 bits per heavy atom. The number of amides is 1. The third-order valence-electron chi connectivity index (χ3n) is 4.06. The number of carbonyl (C=O) groups excluding carboxylic acids is 1. The minimum Gasteiger partial charge on any atom is -0.455 e. The summed E-state index contributed by atoms with van der Waals surface area (Å²) in [7, 11) is 0. The third kappa shape index (κ3) is 4.46. The average Bonchev–Trinajstić information content (AvgIpc) is 3.26. The number of carbonyl (C=O) groups is 1. The second-order valence-electron chi connectivity index (χ2n) is 7.28. The topological polar surface area (TPSA) is 83.3 Å². The van der Waals surface area contributed by atoms with Gasteiger partial charge in [-0.2, -0.15) is 10.2 Å². The van der Waals surface area contributed by atoms with E-state index in [1.54, 1.807) is 12.1 Å². The fourth-order valence-electron chi connectivity index (χ4n) is 2.36. The number of hydrazone groups is 1. The molecule has 2 N–H and O–H groups in total. The largest absolute Gasteiger partial charge is 0.455 e. The lowest BCUT2D eigenvalue weighted by molar-refractivity contribution is 0.0950. The number of aromatic amines is 1. The number of furan rings is 1. The van der Waals surface area contributed by atoms with Crippen molar-refractivity contribution in [2.75, 3.05) is 0 Å². The summed E-state index contributed by atoms with van der Waals surface area (Å²) in [5, 5.41) is 11.5. The van der Waals surface area contributed by atoms with E-state index in [-0.39, 0.29) is 11.1 Å². The Hall–Kier alpha value is -2.86. The molecule has 0 aliphatic rings. The van der Waals surface area contributed by atoms with Crippen molar-refractivity contribution in [1.82, 2.24) is 15.6 Å². The highest BCUT2D eigenvalue weighted by Gasteiger charge is 2.19. The lowest BCUT2D eigenvalue weighted by Crippen LogP contribution is -2.18. The molecule has 0 fully saturated rings.